The first-order chi connectivity index (χ1) is 17.2. The minimum atomic E-state index is -0.757. The molecule has 8 heteroatoms. The van der Waals surface area contributed by atoms with Gasteiger partial charge in [0.25, 0.3) is 5.91 Å². The molecule has 1 N–H and O–H groups in total. The zero-order valence-electron chi connectivity index (χ0n) is 20.2. The van der Waals surface area contributed by atoms with Crippen molar-refractivity contribution < 1.29 is 14.3 Å². The Labute approximate surface area is 230 Å². The van der Waals surface area contributed by atoms with E-state index in [0.717, 1.165) is 11.1 Å². The molecule has 5 nitrogen and oxygen atoms in total. The molecule has 0 radical (unpaired) electrons. The molecule has 0 aliphatic carbocycles. The van der Waals surface area contributed by atoms with E-state index in [9.17, 15) is 9.59 Å². The summed E-state index contributed by atoms with van der Waals surface area (Å²) in [6.45, 7) is 4.46. The second-order valence-corrected chi connectivity index (χ2v) is 10.5. The number of amides is 2. The molecule has 0 bridgehead atoms. The van der Waals surface area contributed by atoms with Gasteiger partial charge in [0.1, 0.15) is 11.8 Å². The first-order valence-corrected chi connectivity index (χ1v) is 13.2. The topological polar surface area (TPSA) is 58.6 Å². The van der Waals surface area contributed by atoms with E-state index in [1.807, 2.05) is 62.4 Å². The van der Waals surface area contributed by atoms with Gasteiger partial charge >= 0.3 is 0 Å². The number of nitrogens with one attached hydrogen (secondary N) is 1. The first kappa shape index (κ1) is 28.0. The number of hydrogen-bond acceptors (Lipinski definition) is 3. The number of rotatable bonds is 11. The van der Waals surface area contributed by atoms with Crippen LogP contribution in [0.1, 0.15) is 25.0 Å². The van der Waals surface area contributed by atoms with Gasteiger partial charge in [0.05, 0.1) is 4.47 Å². The molecule has 2 amide bonds. The summed E-state index contributed by atoms with van der Waals surface area (Å²) in [7, 11) is 0. The minimum absolute atomic E-state index is 0.163. The van der Waals surface area contributed by atoms with E-state index in [4.69, 9.17) is 27.9 Å². The Morgan fingerprint density at radius 2 is 1.69 bits per heavy atom. The van der Waals surface area contributed by atoms with Crippen LogP contribution in [0.3, 0.4) is 0 Å². The largest absolute Gasteiger partial charge is 0.483 e. The van der Waals surface area contributed by atoms with Crippen molar-refractivity contribution in [1.82, 2.24) is 10.2 Å². The number of benzene rings is 3. The second kappa shape index (κ2) is 13.7. The van der Waals surface area contributed by atoms with E-state index >= 15 is 0 Å². The summed E-state index contributed by atoms with van der Waals surface area (Å²) in [5.41, 5.74) is 1.69. The lowest BCUT2D eigenvalue weighted by Crippen LogP contribution is -2.52. The van der Waals surface area contributed by atoms with Crippen LogP contribution in [0, 0.1) is 5.92 Å². The Kier molecular flexibility index (Phi) is 10.7. The highest BCUT2D eigenvalue weighted by Crippen LogP contribution is 2.28. The summed E-state index contributed by atoms with van der Waals surface area (Å²) in [6.07, 6.45) is 0.353. The molecular formula is C28H29BrCl2N2O3. The van der Waals surface area contributed by atoms with Crippen molar-refractivity contribution in [3.05, 3.63) is 98.4 Å². The lowest BCUT2D eigenvalue weighted by Gasteiger charge is -2.32. The average Bonchev–Trinajstić information content (AvgIpc) is 2.85. The molecule has 3 aromatic carbocycles. The first-order valence-electron chi connectivity index (χ1n) is 11.7. The number of ether oxygens (including phenoxy) is 1. The number of carbonyl (C=O) groups excluding carboxylic acids is 2. The Morgan fingerprint density at radius 1 is 1.00 bits per heavy atom. The van der Waals surface area contributed by atoms with Gasteiger partial charge in [-0.25, -0.2) is 0 Å². The molecule has 0 saturated carbocycles. The van der Waals surface area contributed by atoms with Gasteiger partial charge in [-0.1, -0.05) is 85.6 Å². The van der Waals surface area contributed by atoms with Crippen molar-refractivity contribution in [1.29, 1.82) is 0 Å². The molecule has 1 atom stereocenters. The van der Waals surface area contributed by atoms with Crippen LogP contribution in [-0.4, -0.2) is 35.9 Å². The highest BCUT2D eigenvalue weighted by Gasteiger charge is 2.31. The third-order valence-corrected chi connectivity index (χ3v) is 6.72. The fraction of sp³-hybridized carbons (Fsp3) is 0.286. The number of nitrogens with zero attached hydrogens (tertiary/aromatic N) is 1. The van der Waals surface area contributed by atoms with Gasteiger partial charge in [-0.3, -0.25) is 9.59 Å². The average molecular weight is 592 g/mol. The van der Waals surface area contributed by atoms with Crippen LogP contribution in [0.2, 0.25) is 10.0 Å². The molecule has 190 valence electrons. The lowest BCUT2D eigenvalue weighted by atomic mass is 10.0. The van der Waals surface area contributed by atoms with E-state index in [1.54, 1.807) is 29.2 Å². The van der Waals surface area contributed by atoms with Gasteiger partial charge in [-0.2, -0.15) is 0 Å². The molecule has 0 heterocycles. The molecule has 0 fully saturated rings. The van der Waals surface area contributed by atoms with Gasteiger partial charge in [-0.15, -0.1) is 0 Å². The Morgan fingerprint density at radius 3 is 2.36 bits per heavy atom. The van der Waals surface area contributed by atoms with Gasteiger partial charge < -0.3 is 15.0 Å². The molecule has 0 spiro atoms. The van der Waals surface area contributed by atoms with E-state index in [1.165, 1.54) is 0 Å². The summed E-state index contributed by atoms with van der Waals surface area (Å²) in [5, 5.41) is 4.07. The van der Waals surface area contributed by atoms with Crippen molar-refractivity contribution in [3.8, 4) is 5.75 Å². The van der Waals surface area contributed by atoms with Crippen LogP contribution in [-0.2, 0) is 22.6 Å². The van der Waals surface area contributed by atoms with Crippen LogP contribution in [0.4, 0.5) is 0 Å². The maximum absolute atomic E-state index is 13.6. The van der Waals surface area contributed by atoms with Crippen molar-refractivity contribution in [2.24, 2.45) is 5.92 Å². The van der Waals surface area contributed by atoms with Gasteiger partial charge in [-0.05, 0) is 57.2 Å². The number of hydrogen-bond donors (Lipinski definition) is 1. The summed E-state index contributed by atoms with van der Waals surface area (Å²) in [6, 6.07) is 21.3. The van der Waals surface area contributed by atoms with Crippen LogP contribution in [0.5, 0.6) is 5.75 Å². The summed E-state index contributed by atoms with van der Waals surface area (Å²) >= 11 is 15.9. The molecule has 0 aliphatic rings. The third-order valence-electron chi connectivity index (χ3n) is 5.50. The molecule has 1 unspecified atom stereocenters. The molecule has 3 aromatic rings. The highest BCUT2D eigenvalue weighted by atomic mass is 79.9. The fourth-order valence-electron chi connectivity index (χ4n) is 3.60. The number of halogens is 3. The molecule has 3 rings (SSSR count). The van der Waals surface area contributed by atoms with E-state index in [-0.39, 0.29) is 30.9 Å². The third kappa shape index (κ3) is 8.26. The molecule has 0 saturated heterocycles. The zero-order chi connectivity index (χ0) is 26.1. The molecular weight excluding hydrogens is 563 g/mol. The minimum Gasteiger partial charge on any atom is -0.483 e. The summed E-state index contributed by atoms with van der Waals surface area (Å²) < 4.78 is 6.45. The quantitative estimate of drug-likeness (QED) is 0.275. The maximum atomic E-state index is 13.6. The Balaban J connectivity index is 1.92. The predicted octanol–water partition coefficient (Wildman–Crippen LogP) is 6.55. The Bertz CT molecular complexity index is 1170. The van der Waals surface area contributed by atoms with Crippen LogP contribution >= 0.6 is 39.1 Å². The smallest absolute Gasteiger partial charge is 0.261 e. The van der Waals surface area contributed by atoms with Gasteiger partial charge in [0, 0.05) is 29.6 Å². The van der Waals surface area contributed by atoms with E-state index < -0.39 is 6.04 Å². The number of carbonyl (C=O) groups is 2. The second-order valence-electron chi connectivity index (χ2n) is 8.82. The van der Waals surface area contributed by atoms with Crippen LogP contribution < -0.4 is 10.1 Å². The van der Waals surface area contributed by atoms with Crippen molar-refractivity contribution in [2.75, 3.05) is 13.2 Å². The van der Waals surface area contributed by atoms with Gasteiger partial charge in [0.15, 0.2) is 6.61 Å². The maximum Gasteiger partial charge on any atom is 0.261 e. The van der Waals surface area contributed by atoms with E-state index in [0.29, 0.717) is 33.2 Å². The standard InChI is InChI=1S/C28H29BrCl2N2O3/c1-19(2)16-32-28(35)25(14-20-8-4-3-5-9-20)33(17-21-10-6-7-11-24(21)31)27(34)18-36-26-13-12-22(30)15-23(26)29/h3-13,15,19,25H,14,16-18H2,1-2H3,(H,32,35). The summed E-state index contributed by atoms with van der Waals surface area (Å²) in [4.78, 5) is 28.6. The predicted molar refractivity (Wildman–Crippen MR) is 148 cm³/mol. The molecule has 0 aliphatic heterocycles. The summed E-state index contributed by atoms with van der Waals surface area (Å²) in [5.74, 6) is 0.192. The highest BCUT2D eigenvalue weighted by molar-refractivity contribution is 9.10. The normalized spacial score (nSPS) is 11.7. The Hall–Kier alpha value is -2.54. The SMILES string of the molecule is CC(C)CNC(=O)C(Cc1ccccc1)N(Cc1ccccc1Cl)C(=O)COc1ccc(Cl)cc1Br. The van der Waals surface area contributed by atoms with Crippen molar-refractivity contribution >= 4 is 50.9 Å². The van der Waals surface area contributed by atoms with Gasteiger partial charge in [0.2, 0.25) is 5.91 Å². The molecule has 36 heavy (non-hydrogen) atoms. The fourth-order valence-corrected chi connectivity index (χ4v) is 4.59. The van der Waals surface area contributed by atoms with Crippen molar-refractivity contribution in [2.45, 2.75) is 32.9 Å². The zero-order valence-corrected chi connectivity index (χ0v) is 23.3. The van der Waals surface area contributed by atoms with Crippen LogP contribution in [0.15, 0.2) is 77.3 Å². The van der Waals surface area contributed by atoms with Crippen molar-refractivity contribution in [3.63, 3.8) is 0 Å². The monoisotopic (exact) mass is 590 g/mol. The van der Waals surface area contributed by atoms with E-state index in [2.05, 4.69) is 21.2 Å². The molecule has 0 aromatic heterocycles. The lowest BCUT2D eigenvalue weighted by molar-refractivity contribution is -0.142. The van der Waals surface area contributed by atoms with Crippen LogP contribution in [0.25, 0.3) is 0 Å².